The molecule has 0 radical (unpaired) electrons. The number of amides is 1. The quantitative estimate of drug-likeness (QED) is 0.875. The van der Waals surface area contributed by atoms with Crippen LogP contribution in [0.15, 0.2) is 18.2 Å². The minimum absolute atomic E-state index is 0.412. The molecule has 19 heavy (non-hydrogen) atoms. The first-order valence-electron chi connectivity index (χ1n) is 6.09. The molecule has 0 bridgehead atoms. The highest BCUT2D eigenvalue weighted by Gasteiger charge is 2.10. The number of primary amides is 1. The molecule has 1 aromatic heterocycles. The van der Waals surface area contributed by atoms with E-state index >= 15 is 0 Å². The molecule has 0 spiro atoms. The van der Waals surface area contributed by atoms with E-state index in [2.05, 4.69) is 5.10 Å². The van der Waals surface area contributed by atoms with Gasteiger partial charge in [-0.15, -0.1) is 0 Å². The molecule has 1 aromatic carbocycles. The van der Waals surface area contributed by atoms with Crippen LogP contribution in [0.2, 0.25) is 0 Å². The van der Waals surface area contributed by atoms with Crippen molar-refractivity contribution in [2.45, 2.75) is 27.3 Å². The number of nitrogen functional groups attached to an aromatic ring is 1. The average Bonchev–Trinajstić information content (AvgIpc) is 2.59. The second kappa shape index (κ2) is 4.76. The Morgan fingerprint density at radius 1 is 1.32 bits per heavy atom. The zero-order chi connectivity index (χ0) is 14.2. The van der Waals surface area contributed by atoms with Gasteiger partial charge in [0.15, 0.2) is 0 Å². The molecule has 1 heterocycles. The van der Waals surface area contributed by atoms with Crippen molar-refractivity contribution in [2.75, 3.05) is 5.73 Å². The van der Waals surface area contributed by atoms with Crippen LogP contribution in [0.5, 0.6) is 0 Å². The lowest BCUT2D eigenvalue weighted by Gasteiger charge is -2.09. The van der Waals surface area contributed by atoms with Crippen LogP contribution in [0, 0.1) is 20.8 Å². The van der Waals surface area contributed by atoms with Crippen LogP contribution in [0.1, 0.15) is 32.9 Å². The molecule has 5 nitrogen and oxygen atoms in total. The molecule has 0 saturated carbocycles. The number of benzene rings is 1. The number of nitrogens with zero attached hydrogens (tertiary/aromatic N) is 2. The standard InChI is InChI=1S/C14H18N4O/c1-8-6-11(14(16)19)4-5-12(8)7-18-10(3)13(15)9(2)17-18/h4-6H,7,15H2,1-3H3,(H2,16,19). The third-order valence-electron chi connectivity index (χ3n) is 3.38. The molecule has 0 fully saturated rings. The van der Waals surface area contributed by atoms with Crippen LogP contribution in [0.3, 0.4) is 0 Å². The van der Waals surface area contributed by atoms with Gasteiger partial charge in [0, 0.05) is 5.56 Å². The number of carbonyl (C=O) groups is 1. The van der Waals surface area contributed by atoms with Crippen LogP contribution in [-0.2, 0) is 6.54 Å². The molecule has 0 aliphatic rings. The predicted octanol–water partition coefficient (Wildman–Crippen LogP) is 1.54. The number of carbonyl (C=O) groups excluding carboxylic acids is 1. The van der Waals surface area contributed by atoms with Gasteiger partial charge in [0.25, 0.3) is 0 Å². The smallest absolute Gasteiger partial charge is 0.248 e. The molecule has 0 unspecified atom stereocenters. The van der Waals surface area contributed by atoms with Gasteiger partial charge in [0.05, 0.1) is 23.6 Å². The molecular formula is C14H18N4O. The molecule has 0 aliphatic carbocycles. The van der Waals surface area contributed by atoms with Crippen LogP contribution < -0.4 is 11.5 Å². The highest BCUT2D eigenvalue weighted by Crippen LogP contribution is 2.18. The summed E-state index contributed by atoms with van der Waals surface area (Å²) in [5.74, 6) is -0.412. The fraction of sp³-hybridized carbons (Fsp3) is 0.286. The zero-order valence-electron chi connectivity index (χ0n) is 11.4. The zero-order valence-corrected chi connectivity index (χ0v) is 11.4. The van der Waals surface area contributed by atoms with E-state index in [1.54, 1.807) is 12.1 Å². The molecule has 5 heteroatoms. The number of hydrogen-bond acceptors (Lipinski definition) is 3. The van der Waals surface area contributed by atoms with Gasteiger partial charge >= 0.3 is 0 Å². The third-order valence-corrected chi connectivity index (χ3v) is 3.38. The molecule has 0 aliphatic heterocycles. The summed E-state index contributed by atoms with van der Waals surface area (Å²) >= 11 is 0. The van der Waals surface area contributed by atoms with Crippen molar-refractivity contribution in [1.82, 2.24) is 9.78 Å². The minimum Gasteiger partial charge on any atom is -0.396 e. The second-order valence-corrected chi connectivity index (χ2v) is 4.75. The number of aromatic nitrogens is 2. The maximum absolute atomic E-state index is 11.1. The topological polar surface area (TPSA) is 86.9 Å². The van der Waals surface area contributed by atoms with Crippen molar-refractivity contribution < 1.29 is 4.79 Å². The first-order valence-corrected chi connectivity index (χ1v) is 6.09. The summed E-state index contributed by atoms with van der Waals surface area (Å²) < 4.78 is 1.87. The summed E-state index contributed by atoms with van der Waals surface area (Å²) in [7, 11) is 0. The monoisotopic (exact) mass is 258 g/mol. The highest BCUT2D eigenvalue weighted by molar-refractivity contribution is 5.93. The summed E-state index contributed by atoms with van der Waals surface area (Å²) in [5, 5.41) is 4.40. The third kappa shape index (κ3) is 2.45. The Morgan fingerprint density at radius 2 is 2.00 bits per heavy atom. The highest BCUT2D eigenvalue weighted by atomic mass is 16.1. The van der Waals surface area contributed by atoms with E-state index in [1.165, 1.54) is 0 Å². The summed E-state index contributed by atoms with van der Waals surface area (Å²) in [6, 6.07) is 5.44. The van der Waals surface area contributed by atoms with E-state index in [0.717, 1.165) is 28.2 Å². The van der Waals surface area contributed by atoms with Crippen LogP contribution >= 0.6 is 0 Å². The Kier molecular flexibility index (Phi) is 3.29. The van der Waals surface area contributed by atoms with Crippen molar-refractivity contribution in [3.63, 3.8) is 0 Å². The Morgan fingerprint density at radius 3 is 2.47 bits per heavy atom. The van der Waals surface area contributed by atoms with E-state index in [4.69, 9.17) is 11.5 Å². The molecule has 4 N–H and O–H groups in total. The molecule has 2 rings (SSSR count). The fourth-order valence-corrected chi connectivity index (χ4v) is 2.05. The lowest BCUT2D eigenvalue weighted by atomic mass is 10.0. The summed E-state index contributed by atoms with van der Waals surface area (Å²) in [6.45, 7) is 6.43. The minimum atomic E-state index is -0.412. The Labute approximate surface area is 112 Å². The van der Waals surface area contributed by atoms with Crippen LogP contribution in [0.25, 0.3) is 0 Å². The molecule has 100 valence electrons. The van der Waals surface area contributed by atoms with Gasteiger partial charge in [-0.05, 0) is 44.0 Å². The van der Waals surface area contributed by atoms with E-state index in [0.29, 0.717) is 12.1 Å². The van der Waals surface area contributed by atoms with E-state index in [9.17, 15) is 4.79 Å². The van der Waals surface area contributed by atoms with Crippen LogP contribution in [0.4, 0.5) is 5.69 Å². The first kappa shape index (κ1) is 13.1. The maximum atomic E-state index is 11.1. The predicted molar refractivity (Wildman–Crippen MR) is 74.9 cm³/mol. The van der Waals surface area contributed by atoms with Crippen molar-refractivity contribution in [3.05, 3.63) is 46.3 Å². The summed E-state index contributed by atoms with van der Waals surface area (Å²) in [6.07, 6.45) is 0. The van der Waals surface area contributed by atoms with Gasteiger partial charge in [-0.3, -0.25) is 9.48 Å². The van der Waals surface area contributed by atoms with Crippen molar-refractivity contribution in [3.8, 4) is 0 Å². The molecule has 1 amide bonds. The second-order valence-electron chi connectivity index (χ2n) is 4.75. The Balaban J connectivity index is 2.33. The van der Waals surface area contributed by atoms with Gasteiger partial charge in [-0.25, -0.2) is 0 Å². The van der Waals surface area contributed by atoms with Crippen molar-refractivity contribution in [2.24, 2.45) is 5.73 Å². The molecular weight excluding hydrogens is 240 g/mol. The van der Waals surface area contributed by atoms with Gasteiger partial charge in [-0.1, -0.05) is 6.07 Å². The number of rotatable bonds is 3. The largest absolute Gasteiger partial charge is 0.396 e. The number of anilines is 1. The average molecular weight is 258 g/mol. The Bertz CT molecular complexity index is 643. The fourth-order valence-electron chi connectivity index (χ4n) is 2.05. The lowest BCUT2D eigenvalue weighted by Crippen LogP contribution is -2.12. The maximum Gasteiger partial charge on any atom is 0.248 e. The van der Waals surface area contributed by atoms with Crippen molar-refractivity contribution >= 4 is 11.6 Å². The number of hydrogen-bond donors (Lipinski definition) is 2. The molecule has 2 aromatic rings. The lowest BCUT2D eigenvalue weighted by molar-refractivity contribution is 0.1000. The number of nitrogens with two attached hydrogens (primary N) is 2. The van der Waals surface area contributed by atoms with Gasteiger partial charge in [0.1, 0.15) is 0 Å². The normalized spacial score (nSPS) is 10.7. The SMILES string of the molecule is Cc1cc(C(N)=O)ccc1Cn1nc(C)c(N)c1C. The van der Waals surface area contributed by atoms with E-state index < -0.39 is 5.91 Å². The first-order chi connectivity index (χ1) is 8.90. The summed E-state index contributed by atoms with van der Waals surface area (Å²) in [5.41, 5.74) is 16.3. The van der Waals surface area contributed by atoms with Crippen LogP contribution in [-0.4, -0.2) is 15.7 Å². The van der Waals surface area contributed by atoms with Gasteiger partial charge in [-0.2, -0.15) is 5.10 Å². The van der Waals surface area contributed by atoms with Gasteiger partial charge < -0.3 is 11.5 Å². The summed E-state index contributed by atoms with van der Waals surface area (Å²) in [4.78, 5) is 11.1. The molecule has 0 saturated heterocycles. The van der Waals surface area contributed by atoms with E-state index in [1.807, 2.05) is 31.5 Å². The van der Waals surface area contributed by atoms with Crippen molar-refractivity contribution in [1.29, 1.82) is 0 Å². The van der Waals surface area contributed by atoms with E-state index in [-0.39, 0.29) is 0 Å². The number of aryl methyl sites for hydroxylation is 2. The molecule has 0 atom stereocenters. The van der Waals surface area contributed by atoms with Gasteiger partial charge in [0.2, 0.25) is 5.91 Å². The Hall–Kier alpha value is -2.30.